The van der Waals surface area contributed by atoms with Crippen molar-refractivity contribution >= 4 is 11.7 Å². The second-order valence-electron chi connectivity index (χ2n) is 6.80. The summed E-state index contributed by atoms with van der Waals surface area (Å²) in [5.41, 5.74) is -0.0525. The van der Waals surface area contributed by atoms with Crippen molar-refractivity contribution in [3.8, 4) is 5.75 Å². The second-order valence-corrected chi connectivity index (χ2v) is 6.80. The van der Waals surface area contributed by atoms with E-state index >= 15 is 0 Å². The maximum Gasteiger partial charge on any atom is 0.416 e. The average Bonchev–Trinajstić information content (AvgIpc) is 2.60. The molecule has 1 aromatic carbocycles. The van der Waals surface area contributed by atoms with E-state index in [2.05, 4.69) is 10.3 Å². The third kappa shape index (κ3) is 5.31. The molecule has 1 amide bonds. The van der Waals surface area contributed by atoms with Gasteiger partial charge < -0.3 is 10.4 Å². The Morgan fingerprint density at radius 1 is 1.14 bits per heavy atom. The van der Waals surface area contributed by atoms with Crippen LogP contribution in [0.3, 0.4) is 0 Å². The first-order valence-corrected chi connectivity index (χ1v) is 8.67. The molecule has 2 N–H and O–H groups in total. The van der Waals surface area contributed by atoms with E-state index in [1.165, 1.54) is 6.20 Å². The summed E-state index contributed by atoms with van der Waals surface area (Å²) in [5, 5.41) is 12.4. The number of hydrogen-bond acceptors (Lipinski definition) is 4. The number of halogens is 3. The summed E-state index contributed by atoms with van der Waals surface area (Å²) in [6, 6.07) is 5.03. The highest BCUT2D eigenvalue weighted by Crippen LogP contribution is 2.32. The van der Waals surface area contributed by atoms with Crippen LogP contribution in [0.2, 0.25) is 0 Å². The van der Waals surface area contributed by atoms with E-state index in [0.717, 1.165) is 12.1 Å². The van der Waals surface area contributed by atoms with Gasteiger partial charge in [-0.05, 0) is 42.8 Å². The Morgan fingerprint density at radius 3 is 2.39 bits per heavy atom. The molecule has 0 saturated carbocycles. The summed E-state index contributed by atoms with van der Waals surface area (Å²) in [6.45, 7) is 5.28. The van der Waals surface area contributed by atoms with Crippen LogP contribution in [0.1, 0.15) is 54.0 Å². The van der Waals surface area contributed by atoms with Gasteiger partial charge in [0.05, 0.1) is 17.2 Å². The highest BCUT2D eigenvalue weighted by atomic mass is 19.4. The summed E-state index contributed by atoms with van der Waals surface area (Å²) < 4.78 is 38.0. The average molecular weight is 394 g/mol. The lowest BCUT2D eigenvalue weighted by atomic mass is 10.0. The molecule has 0 spiro atoms. The normalized spacial score (nSPS) is 12.7. The molecule has 1 unspecified atom stereocenters. The van der Waals surface area contributed by atoms with Crippen molar-refractivity contribution in [2.45, 2.75) is 39.4 Å². The van der Waals surface area contributed by atoms with Gasteiger partial charge in [-0.3, -0.25) is 14.6 Å². The number of Topliss-reactive ketones (excluding diaryl/α,β-unsaturated/α-hetero) is 1. The summed E-state index contributed by atoms with van der Waals surface area (Å²) in [5.74, 6) is -1.55. The molecule has 0 bridgehead atoms. The Balaban J connectivity index is 2.13. The van der Waals surface area contributed by atoms with Crippen molar-refractivity contribution in [2.24, 2.45) is 5.92 Å². The van der Waals surface area contributed by atoms with E-state index in [1.54, 1.807) is 32.9 Å². The van der Waals surface area contributed by atoms with E-state index < -0.39 is 29.4 Å². The van der Waals surface area contributed by atoms with Crippen LogP contribution < -0.4 is 5.32 Å². The summed E-state index contributed by atoms with van der Waals surface area (Å²) in [7, 11) is 0. The zero-order valence-electron chi connectivity index (χ0n) is 15.7. The summed E-state index contributed by atoms with van der Waals surface area (Å²) in [6.07, 6.45) is -2.91. The van der Waals surface area contributed by atoms with Gasteiger partial charge in [0.1, 0.15) is 11.5 Å². The molecular formula is C20H21F3N2O3. The smallest absolute Gasteiger partial charge is 0.416 e. The number of benzene rings is 1. The van der Waals surface area contributed by atoms with Crippen LogP contribution in [-0.2, 0) is 17.4 Å². The molecule has 0 fully saturated rings. The van der Waals surface area contributed by atoms with Gasteiger partial charge >= 0.3 is 6.18 Å². The molecule has 0 saturated heterocycles. The fraction of sp³-hybridized carbons (Fsp3) is 0.350. The molecule has 0 aliphatic rings. The van der Waals surface area contributed by atoms with Crippen molar-refractivity contribution in [1.29, 1.82) is 0 Å². The summed E-state index contributed by atoms with van der Waals surface area (Å²) >= 11 is 0. The van der Waals surface area contributed by atoms with Crippen LogP contribution in [0, 0.1) is 5.92 Å². The molecule has 2 aromatic rings. The number of hydrogen-bond donors (Lipinski definition) is 2. The van der Waals surface area contributed by atoms with Gasteiger partial charge in [-0.25, -0.2) is 0 Å². The van der Waals surface area contributed by atoms with E-state index in [9.17, 15) is 27.9 Å². The number of pyridine rings is 1. The monoisotopic (exact) mass is 394 g/mol. The largest absolute Gasteiger partial charge is 0.507 e. The number of nitrogens with one attached hydrogen (secondary N) is 1. The van der Waals surface area contributed by atoms with Gasteiger partial charge in [0.25, 0.3) is 5.91 Å². The second kappa shape index (κ2) is 8.41. The number of alkyl halides is 3. The van der Waals surface area contributed by atoms with Crippen LogP contribution in [-0.4, -0.2) is 21.8 Å². The van der Waals surface area contributed by atoms with Crippen molar-refractivity contribution in [1.82, 2.24) is 10.3 Å². The maximum atomic E-state index is 12.7. The third-order valence-electron chi connectivity index (χ3n) is 4.26. The van der Waals surface area contributed by atoms with Crippen molar-refractivity contribution in [3.63, 3.8) is 0 Å². The number of amides is 1. The number of nitrogens with zero attached hydrogens (tertiary/aromatic N) is 1. The molecule has 0 aliphatic heterocycles. The number of phenolic OH excluding ortho intramolecular Hbond substituents is 1. The van der Waals surface area contributed by atoms with Gasteiger partial charge in [-0.1, -0.05) is 13.8 Å². The number of carbonyl (C=O) groups is 2. The fourth-order valence-corrected chi connectivity index (χ4v) is 2.50. The van der Waals surface area contributed by atoms with E-state index in [-0.39, 0.29) is 23.7 Å². The standard InChI is InChI=1S/C20H21F3N2O3/c1-11(2)17(26)10-15-8-13(6-7-24-15)12(3)25-19(28)16-5-4-14(9-18(16)27)20(21,22)23/h4-9,11-12,27H,10H2,1-3H3,(H,25,28). The fourth-order valence-electron chi connectivity index (χ4n) is 2.50. The Bertz CT molecular complexity index is 879. The highest BCUT2D eigenvalue weighted by molar-refractivity contribution is 5.97. The molecular weight excluding hydrogens is 373 g/mol. The molecule has 1 aromatic heterocycles. The van der Waals surface area contributed by atoms with Crippen molar-refractivity contribution in [3.05, 3.63) is 58.9 Å². The minimum Gasteiger partial charge on any atom is -0.507 e. The molecule has 0 aliphatic carbocycles. The lowest BCUT2D eigenvalue weighted by Gasteiger charge is -2.16. The Morgan fingerprint density at radius 2 is 1.82 bits per heavy atom. The number of phenols is 1. The van der Waals surface area contributed by atoms with Crippen molar-refractivity contribution < 1.29 is 27.9 Å². The molecule has 1 heterocycles. The van der Waals surface area contributed by atoms with E-state index in [4.69, 9.17) is 0 Å². The zero-order valence-corrected chi connectivity index (χ0v) is 15.7. The van der Waals surface area contributed by atoms with Crippen LogP contribution >= 0.6 is 0 Å². The number of aromatic nitrogens is 1. The van der Waals surface area contributed by atoms with Crippen LogP contribution in [0.4, 0.5) is 13.2 Å². The Kier molecular flexibility index (Phi) is 6.43. The van der Waals surface area contributed by atoms with Gasteiger partial charge in [-0.15, -0.1) is 0 Å². The summed E-state index contributed by atoms with van der Waals surface area (Å²) in [4.78, 5) is 28.4. The molecule has 28 heavy (non-hydrogen) atoms. The maximum absolute atomic E-state index is 12.7. The van der Waals surface area contributed by atoms with Gasteiger partial charge in [0.15, 0.2) is 0 Å². The third-order valence-corrected chi connectivity index (χ3v) is 4.26. The van der Waals surface area contributed by atoms with E-state index in [1.807, 2.05) is 0 Å². The number of aromatic hydroxyl groups is 1. The number of carbonyl (C=O) groups excluding carboxylic acids is 2. The predicted octanol–water partition coefficient (Wildman–Crippen LogP) is 4.06. The Labute approximate surface area is 160 Å². The SMILES string of the molecule is CC(C)C(=O)Cc1cc(C(C)NC(=O)c2ccc(C(F)(F)F)cc2O)ccn1. The van der Waals surface area contributed by atoms with E-state index in [0.29, 0.717) is 17.3 Å². The van der Waals surface area contributed by atoms with Crippen LogP contribution in [0.5, 0.6) is 5.75 Å². The lowest BCUT2D eigenvalue weighted by Crippen LogP contribution is -2.27. The van der Waals surface area contributed by atoms with Crippen molar-refractivity contribution in [2.75, 3.05) is 0 Å². The highest BCUT2D eigenvalue weighted by Gasteiger charge is 2.31. The van der Waals surface area contributed by atoms with Crippen LogP contribution in [0.25, 0.3) is 0 Å². The number of ketones is 1. The lowest BCUT2D eigenvalue weighted by molar-refractivity contribution is -0.137. The van der Waals surface area contributed by atoms with Gasteiger partial charge in [0, 0.05) is 24.2 Å². The minimum atomic E-state index is -4.61. The molecule has 5 nitrogen and oxygen atoms in total. The van der Waals surface area contributed by atoms with Gasteiger partial charge in [-0.2, -0.15) is 13.2 Å². The molecule has 150 valence electrons. The van der Waals surface area contributed by atoms with Crippen LogP contribution in [0.15, 0.2) is 36.5 Å². The molecule has 2 rings (SSSR count). The molecule has 8 heteroatoms. The Hall–Kier alpha value is -2.90. The first-order chi connectivity index (χ1) is 13.0. The zero-order chi connectivity index (χ0) is 21.1. The number of rotatable bonds is 6. The minimum absolute atomic E-state index is 0.0380. The first kappa shape index (κ1) is 21.4. The predicted molar refractivity (Wildman–Crippen MR) is 96.8 cm³/mol. The molecule has 1 atom stereocenters. The molecule has 0 radical (unpaired) electrons. The first-order valence-electron chi connectivity index (χ1n) is 8.67. The quantitative estimate of drug-likeness (QED) is 0.774. The topological polar surface area (TPSA) is 79.3 Å². The van der Waals surface area contributed by atoms with Gasteiger partial charge in [0.2, 0.25) is 0 Å².